The molecule has 0 bridgehead atoms. The molecule has 0 saturated carbocycles. The number of hydrogen-bond donors (Lipinski definition) is 2. The Morgan fingerprint density at radius 1 is 0.767 bits per heavy atom. The van der Waals surface area contributed by atoms with Crippen LogP contribution in [-0.2, 0) is 42.0 Å². The van der Waals surface area contributed by atoms with Gasteiger partial charge in [-0.05, 0) is 48.4 Å². The molecule has 2 aromatic heterocycles. The summed E-state index contributed by atoms with van der Waals surface area (Å²) in [6.07, 6.45) is 3.44. The van der Waals surface area contributed by atoms with Crippen LogP contribution in [0.5, 0.6) is 0 Å². The average Bonchev–Trinajstić information content (AvgIpc) is 2.76. The van der Waals surface area contributed by atoms with Crippen LogP contribution < -0.4 is 23.3 Å². The fourth-order valence-corrected chi connectivity index (χ4v) is 1.72. The molecule has 2 N–H and O–H groups in total. The molecule has 12 heteroatoms. The first-order valence-corrected chi connectivity index (χ1v) is 9.00. The SMILES string of the molecule is CN=C([S-])N/N=C(\C)c1ccccn1.CN=C([S-])N/N=C(\C)c1ccccn1.[Cl-].[Co+3]. The van der Waals surface area contributed by atoms with Crippen molar-refractivity contribution in [2.45, 2.75) is 13.8 Å². The molecule has 0 aliphatic rings. The summed E-state index contributed by atoms with van der Waals surface area (Å²) < 4.78 is 0. The summed E-state index contributed by atoms with van der Waals surface area (Å²) in [7, 11) is 3.22. The van der Waals surface area contributed by atoms with Gasteiger partial charge in [0.2, 0.25) is 0 Å². The molecule has 0 atom stereocenters. The van der Waals surface area contributed by atoms with Gasteiger partial charge in [0.25, 0.3) is 0 Å². The quantitative estimate of drug-likeness (QED) is 0.234. The molecule has 0 aliphatic carbocycles. The van der Waals surface area contributed by atoms with Gasteiger partial charge in [0.1, 0.15) is 0 Å². The van der Waals surface area contributed by atoms with Crippen LogP contribution in [0.1, 0.15) is 25.2 Å². The molecule has 8 nitrogen and oxygen atoms in total. The van der Waals surface area contributed by atoms with Crippen molar-refractivity contribution in [3.63, 3.8) is 0 Å². The molecule has 2 aromatic rings. The topological polar surface area (TPSA) is 99.3 Å². The zero-order valence-corrected chi connectivity index (χ0v) is 20.3. The van der Waals surface area contributed by atoms with Crippen LogP contribution in [0.15, 0.2) is 69.0 Å². The third kappa shape index (κ3) is 12.4. The molecule has 0 saturated heterocycles. The van der Waals surface area contributed by atoms with Crippen LogP contribution in [0.3, 0.4) is 0 Å². The van der Waals surface area contributed by atoms with E-state index in [9.17, 15) is 0 Å². The van der Waals surface area contributed by atoms with Gasteiger partial charge in [-0.15, -0.1) is 0 Å². The Labute approximate surface area is 204 Å². The fraction of sp³-hybridized carbons (Fsp3) is 0.222. The van der Waals surface area contributed by atoms with Gasteiger partial charge in [-0.25, -0.2) is 0 Å². The van der Waals surface area contributed by atoms with Crippen LogP contribution in [0.25, 0.3) is 0 Å². The number of amidine groups is 2. The summed E-state index contributed by atoms with van der Waals surface area (Å²) in [6.45, 7) is 3.71. The van der Waals surface area contributed by atoms with E-state index in [1.807, 2.05) is 50.2 Å². The summed E-state index contributed by atoms with van der Waals surface area (Å²) in [4.78, 5) is 15.8. The van der Waals surface area contributed by atoms with Crippen LogP contribution in [0.2, 0.25) is 0 Å². The maximum Gasteiger partial charge on any atom is 3.00 e. The second-order valence-electron chi connectivity index (χ2n) is 5.11. The van der Waals surface area contributed by atoms with Crippen molar-refractivity contribution >= 4 is 47.0 Å². The number of hydrazone groups is 2. The Kier molecular flexibility index (Phi) is 17.7. The Hall–Kier alpha value is -2.18. The summed E-state index contributed by atoms with van der Waals surface area (Å²) >= 11 is 9.64. The third-order valence-electron chi connectivity index (χ3n) is 3.12. The van der Waals surface area contributed by atoms with E-state index in [1.54, 1.807) is 26.5 Å². The summed E-state index contributed by atoms with van der Waals surface area (Å²) in [5, 5.41) is 8.79. The Bertz CT molecular complexity index is 774. The number of halogens is 1. The van der Waals surface area contributed by atoms with Crippen molar-refractivity contribution in [2.75, 3.05) is 14.1 Å². The van der Waals surface area contributed by atoms with E-state index >= 15 is 0 Å². The van der Waals surface area contributed by atoms with E-state index in [0.717, 1.165) is 22.8 Å². The van der Waals surface area contributed by atoms with Gasteiger partial charge in [-0.2, -0.15) is 10.2 Å². The number of rotatable bonds is 4. The first-order chi connectivity index (χ1) is 13.5. The summed E-state index contributed by atoms with van der Waals surface area (Å²) in [5.74, 6) is 0. The summed E-state index contributed by atoms with van der Waals surface area (Å²) in [6, 6.07) is 11.3. The molecular formula is C18H22ClCoN8S2. The maximum absolute atomic E-state index is 4.82. The second-order valence-corrected chi connectivity index (χ2v) is 5.88. The minimum Gasteiger partial charge on any atom is -1.00 e. The molecule has 2 rings (SSSR count). The molecular weight excluding hydrogens is 487 g/mol. The maximum atomic E-state index is 4.82. The van der Waals surface area contributed by atoms with Gasteiger partial charge >= 0.3 is 16.8 Å². The molecule has 0 aliphatic heterocycles. The van der Waals surface area contributed by atoms with Crippen LogP contribution in [-0.4, -0.2) is 45.8 Å². The fourth-order valence-electron chi connectivity index (χ4n) is 1.63. The van der Waals surface area contributed by atoms with E-state index in [-0.39, 0.29) is 29.2 Å². The molecule has 0 radical (unpaired) electrons. The number of aromatic nitrogens is 2. The van der Waals surface area contributed by atoms with Crippen LogP contribution in [0.4, 0.5) is 0 Å². The van der Waals surface area contributed by atoms with Gasteiger partial charge < -0.3 is 37.7 Å². The number of nitrogens with zero attached hydrogens (tertiary/aromatic N) is 6. The molecule has 0 amide bonds. The molecule has 0 aromatic carbocycles. The monoisotopic (exact) mass is 508 g/mol. The van der Waals surface area contributed by atoms with Gasteiger partial charge in [0, 0.05) is 26.5 Å². The number of aliphatic imine (C=N–C) groups is 2. The minimum atomic E-state index is 0. The van der Waals surface area contributed by atoms with E-state index in [1.165, 1.54) is 0 Å². The van der Waals surface area contributed by atoms with E-state index in [0.29, 0.717) is 10.3 Å². The first-order valence-electron chi connectivity index (χ1n) is 8.19. The molecule has 162 valence electrons. The number of nitrogens with one attached hydrogen (secondary N) is 2. The van der Waals surface area contributed by atoms with Crippen molar-refractivity contribution in [2.24, 2.45) is 20.2 Å². The number of pyridine rings is 2. The summed E-state index contributed by atoms with van der Waals surface area (Å²) in [5.41, 5.74) is 8.47. The standard InChI is InChI=1S/2C9H12N4S.ClH.Co/c2*1-7(12-13-9(14)10-2)8-5-3-4-6-11-8;;/h2*3-6H,1-2H3,(H2,10,13,14);1H;/q;;;+3/p-3/b2*12-7+;;. The van der Waals surface area contributed by atoms with Gasteiger partial charge in [-0.3, -0.25) is 30.8 Å². The van der Waals surface area contributed by atoms with Crippen molar-refractivity contribution < 1.29 is 29.2 Å². The second kappa shape index (κ2) is 17.7. The molecule has 0 spiro atoms. The third-order valence-corrected chi connectivity index (χ3v) is 3.66. The van der Waals surface area contributed by atoms with Gasteiger partial charge in [0.15, 0.2) is 0 Å². The zero-order valence-electron chi connectivity index (χ0n) is 16.8. The normalized spacial score (nSPS) is 11.9. The van der Waals surface area contributed by atoms with Crippen LogP contribution >= 0.6 is 0 Å². The predicted molar refractivity (Wildman–Crippen MR) is 121 cm³/mol. The average molecular weight is 509 g/mol. The molecule has 0 fully saturated rings. The molecule has 30 heavy (non-hydrogen) atoms. The zero-order chi connectivity index (χ0) is 20.8. The number of hydrogen-bond acceptors (Lipinski definition) is 8. The van der Waals surface area contributed by atoms with Crippen molar-refractivity contribution in [1.82, 2.24) is 20.8 Å². The van der Waals surface area contributed by atoms with Gasteiger partial charge in [0.05, 0.1) is 22.8 Å². The van der Waals surface area contributed by atoms with E-state index in [2.05, 4.69) is 41.0 Å². The van der Waals surface area contributed by atoms with Crippen molar-refractivity contribution in [3.05, 3.63) is 60.2 Å². The molecule has 2 heterocycles. The molecule has 0 unspecified atom stereocenters. The Balaban J connectivity index is 0. The van der Waals surface area contributed by atoms with Crippen LogP contribution in [0, 0.1) is 0 Å². The predicted octanol–water partition coefficient (Wildman–Crippen LogP) is -1.14. The van der Waals surface area contributed by atoms with Gasteiger partial charge in [-0.1, -0.05) is 12.1 Å². The van der Waals surface area contributed by atoms with Crippen molar-refractivity contribution in [3.8, 4) is 0 Å². The Morgan fingerprint density at radius 3 is 1.40 bits per heavy atom. The van der Waals surface area contributed by atoms with E-state index < -0.39 is 0 Å². The largest absolute Gasteiger partial charge is 3.00 e. The van der Waals surface area contributed by atoms with E-state index in [4.69, 9.17) is 25.3 Å². The first kappa shape index (κ1) is 30.0. The smallest absolute Gasteiger partial charge is 1.00 e. The Morgan fingerprint density at radius 2 is 1.13 bits per heavy atom. The minimum absolute atomic E-state index is 0. The van der Waals surface area contributed by atoms with Crippen molar-refractivity contribution in [1.29, 1.82) is 0 Å².